The van der Waals surface area contributed by atoms with Crippen LogP contribution in [0.2, 0.25) is 0 Å². The minimum atomic E-state index is -0.476. The number of hydrogen-bond donors (Lipinski definition) is 2. The summed E-state index contributed by atoms with van der Waals surface area (Å²) in [4.78, 5) is 39.8. The van der Waals surface area contributed by atoms with Crippen LogP contribution in [0.4, 0.5) is 17.1 Å². The lowest BCUT2D eigenvalue weighted by molar-refractivity contribution is -0.120. The van der Waals surface area contributed by atoms with Gasteiger partial charge in [0.2, 0.25) is 5.91 Å². The molecule has 0 saturated heterocycles. The molecule has 1 aliphatic rings. The van der Waals surface area contributed by atoms with Crippen molar-refractivity contribution in [3.05, 3.63) is 89.1 Å². The molecule has 0 fully saturated rings. The molecule has 0 saturated carbocycles. The summed E-state index contributed by atoms with van der Waals surface area (Å²) in [6.45, 7) is 5.32. The highest BCUT2D eigenvalue weighted by Gasteiger charge is 2.41. The Kier molecular flexibility index (Phi) is 6.19. The first-order valence-corrected chi connectivity index (χ1v) is 10.8. The van der Waals surface area contributed by atoms with E-state index in [9.17, 15) is 14.4 Å². The van der Waals surface area contributed by atoms with Crippen LogP contribution in [0, 0.1) is 13.8 Å². The predicted molar refractivity (Wildman–Crippen MR) is 133 cm³/mol. The summed E-state index contributed by atoms with van der Waals surface area (Å²) >= 11 is 0. The number of anilines is 3. The van der Waals surface area contributed by atoms with Gasteiger partial charge in [-0.05, 0) is 61.4 Å². The minimum absolute atomic E-state index is 0.176. The molecule has 3 amide bonds. The number of ether oxygens (including phenoxy) is 1. The van der Waals surface area contributed by atoms with E-state index in [4.69, 9.17) is 4.74 Å². The third kappa shape index (κ3) is 4.28. The summed E-state index contributed by atoms with van der Waals surface area (Å²) in [6, 6.07) is 19.6. The molecule has 0 aliphatic carbocycles. The highest BCUT2D eigenvalue weighted by molar-refractivity contribution is 6.46. The summed E-state index contributed by atoms with van der Waals surface area (Å²) in [5, 5.41) is 5.85. The summed E-state index contributed by atoms with van der Waals surface area (Å²) < 4.78 is 5.41. The quantitative estimate of drug-likeness (QED) is 0.528. The number of nitrogens with zero attached hydrogens (tertiary/aromatic N) is 1. The second-order valence-corrected chi connectivity index (χ2v) is 8.07. The van der Waals surface area contributed by atoms with Crippen molar-refractivity contribution < 1.29 is 19.1 Å². The number of methoxy groups -OCH3 is 1. The van der Waals surface area contributed by atoms with Gasteiger partial charge in [0, 0.05) is 18.3 Å². The summed E-state index contributed by atoms with van der Waals surface area (Å²) in [5.74, 6) is -0.663. The average molecular weight is 456 g/mol. The van der Waals surface area contributed by atoms with Gasteiger partial charge in [-0.3, -0.25) is 14.4 Å². The molecule has 34 heavy (non-hydrogen) atoms. The Labute approximate surface area is 198 Å². The zero-order chi connectivity index (χ0) is 24.4. The molecule has 7 heteroatoms. The Morgan fingerprint density at radius 2 is 1.56 bits per heavy atom. The number of hydrogen-bond acceptors (Lipinski definition) is 5. The number of nitrogens with one attached hydrogen (secondary N) is 2. The molecule has 0 aromatic heterocycles. The van der Waals surface area contributed by atoms with E-state index in [0.717, 1.165) is 16.0 Å². The van der Waals surface area contributed by atoms with E-state index in [-0.39, 0.29) is 11.6 Å². The smallest absolute Gasteiger partial charge is 0.282 e. The SMILES string of the molecule is COc1ccccc1N1C(=O)C(Nc2ccc(NC(C)=O)cc2)=C(c2ccc(C)cc2C)C1=O. The van der Waals surface area contributed by atoms with Crippen molar-refractivity contribution in [2.75, 3.05) is 22.6 Å². The molecule has 4 rings (SSSR count). The third-order valence-electron chi connectivity index (χ3n) is 5.54. The van der Waals surface area contributed by atoms with Gasteiger partial charge in [-0.1, -0.05) is 35.9 Å². The minimum Gasteiger partial charge on any atom is -0.495 e. The lowest BCUT2D eigenvalue weighted by Crippen LogP contribution is -2.32. The van der Waals surface area contributed by atoms with Crippen LogP contribution in [0.1, 0.15) is 23.6 Å². The van der Waals surface area contributed by atoms with Crippen molar-refractivity contribution in [2.24, 2.45) is 0 Å². The highest BCUT2D eigenvalue weighted by Crippen LogP contribution is 2.38. The molecular weight excluding hydrogens is 430 g/mol. The molecule has 2 N–H and O–H groups in total. The Morgan fingerprint density at radius 3 is 2.21 bits per heavy atom. The van der Waals surface area contributed by atoms with Crippen LogP contribution < -0.4 is 20.3 Å². The number of amides is 3. The Hall–Kier alpha value is -4.39. The lowest BCUT2D eigenvalue weighted by Gasteiger charge is -2.18. The van der Waals surface area contributed by atoms with E-state index in [2.05, 4.69) is 10.6 Å². The zero-order valence-corrected chi connectivity index (χ0v) is 19.4. The van der Waals surface area contributed by atoms with Crippen LogP contribution in [0.5, 0.6) is 5.75 Å². The maximum Gasteiger partial charge on any atom is 0.282 e. The molecule has 3 aromatic carbocycles. The second kappa shape index (κ2) is 9.23. The average Bonchev–Trinajstić information content (AvgIpc) is 3.04. The molecule has 0 bridgehead atoms. The van der Waals surface area contributed by atoms with Crippen molar-refractivity contribution in [1.82, 2.24) is 0 Å². The Morgan fingerprint density at radius 1 is 0.882 bits per heavy atom. The molecule has 0 radical (unpaired) electrons. The van der Waals surface area contributed by atoms with Gasteiger partial charge < -0.3 is 15.4 Å². The normalized spacial score (nSPS) is 13.4. The van der Waals surface area contributed by atoms with Crippen molar-refractivity contribution >= 4 is 40.4 Å². The molecular formula is C27H25N3O4. The maximum absolute atomic E-state index is 13.7. The lowest BCUT2D eigenvalue weighted by atomic mass is 9.97. The summed E-state index contributed by atoms with van der Waals surface area (Å²) in [6.07, 6.45) is 0. The van der Waals surface area contributed by atoms with E-state index >= 15 is 0 Å². The van der Waals surface area contributed by atoms with E-state index in [1.54, 1.807) is 48.5 Å². The van der Waals surface area contributed by atoms with E-state index in [1.165, 1.54) is 14.0 Å². The Bertz CT molecular complexity index is 1330. The van der Waals surface area contributed by atoms with Crippen LogP contribution in [-0.4, -0.2) is 24.8 Å². The van der Waals surface area contributed by atoms with Gasteiger partial charge in [-0.2, -0.15) is 0 Å². The summed E-state index contributed by atoms with van der Waals surface area (Å²) in [5.41, 5.74) is 4.70. The van der Waals surface area contributed by atoms with Crippen LogP contribution in [0.15, 0.2) is 72.4 Å². The van der Waals surface area contributed by atoms with Crippen molar-refractivity contribution in [1.29, 1.82) is 0 Å². The summed E-state index contributed by atoms with van der Waals surface area (Å²) in [7, 11) is 1.50. The molecule has 172 valence electrons. The molecule has 0 atom stereocenters. The van der Waals surface area contributed by atoms with Gasteiger partial charge in [-0.15, -0.1) is 0 Å². The first kappa shape index (κ1) is 22.8. The van der Waals surface area contributed by atoms with Gasteiger partial charge in [0.05, 0.1) is 18.4 Å². The monoisotopic (exact) mass is 455 g/mol. The molecule has 0 spiro atoms. The van der Waals surface area contributed by atoms with Crippen molar-refractivity contribution in [2.45, 2.75) is 20.8 Å². The molecule has 3 aromatic rings. The molecule has 1 aliphatic heterocycles. The van der Waals surface area contributed by atoms with Crippen LogP contribution >= 0.6 is 0 Å². The Balaban J connectivity index is 1.81. The van der Waals surface area contributed by atoms with Gasteiger partial charge in [-0.25, -0.2) is 4.90 Å². The fraction of sp³-hybridized carbons (Fsp3) is 0.148. The van der Waals surface area contributed by atoms with Gasteiger partial charge in [0.15, 0.2) is 0 Å². The van der Waals surface area contributed by atoms with Crippen molar-refractivity contribution in [3.8, 4) is 5.75 Å². The predicted octanol–water partition coefficient (Wildman–Crippen LogP) is 4.67. The number of carbonyl (C=O) groups excluding carboxylic acids is 3. The van der Waals surface area contributed by atoms with Gasteiger partial charge in [0.25, 0.3) is 11.8 Å². The fourth-order valence-electron chi connectivity index (χ4n) is 4.01. The van der Waals surface area contributed by atoms with Crippen LogP contribution in [-0.2, 0) is 14.4 Å². The third-order valence-corrected chi connectivity index (χ3v) is 5.54. The van der Waals surface area contributed by atoms with Crippen LogP contribution in [0.3, 0.4) is 0 Å². The number of rotatable bonds is 6. The molecule has 7 nitrogen and oxygen atoms in total. The number of carbonyl (C=O) groups is 3. The number of aryl methyl sites for hydroxylation is 2. The number of para-hydroxylation sites is 2. The highest BCUT2D eigenvalue weighted by atomic mass is 16.5. The van der Waals surface area contributed by atoms with Gasteiger partial charge >= 0.3 is 0 Å². The first-order valence-electron chi connectivity index (χ1n) is 10.8. The van der Waals surface area contributed by atoms with E-state index in [0.29, 0.717) is 33.9 Å². The maximum atomic E-state index is 13.7. The van der Waals surface area contributed by atoms with E-state index < -0.39 is 11.8 Å². The number of imide groups is 1. The van der Waals surface area contributed by atoms with E-state index in [1.807, 2.05) is 32.0 Å². The first-order chi connectivity index (χ1) is 16.3. The standard InChI is InChI=1S/C27H25N3O4/c1-16-9-14-21(17(2)15-16)24-25(29-20-12-10-19(11-13-20)28-18(3)31)27(33)30(26(24)32)22-7-5-6-8-23(22)34-4/h5-15,29H,1-4H3,(H,28,31). The fourth-order valence-corrected chi connectivity index (χ4v) is 4.01. The topological polar surface area (TPSA) is 87.7 Å². The molecule has 1 heterocycles. The second-order valence-electron chi connectivity index (χ2n) is 8.07. The molecule has 0 unspecified atom stereocenters. The number of benzene rings is 3. The zero-order valence-electron chi connectivity index (χ0n) is 19.4. The van der Waals surface area contributed by atoms with Crippen molar-refractivity contribution in [3.63, 3.8) is 0 Å². The van der Waals surface area contributed by atoms with Crippen LogP contribution in [0.25, 0.3) is 5.57 Å². The van der Waals surface area contributed by atoms with Gasteiger partial charge in [0.1, 0.15) is 11.4 Å². The largest absolute Gasteiger partial charge is 0.495 e.